The van der Waals surface area contributed by atoms with E-state index in [-0.39, 0.29) is 12.4 Å². The van der Waals surface area contributed by atoms with Crippen LogP contribution in [0.1, 0.15) is 42.4 Å². The topological polar surface area (TPSA) is 21.3 Å². The highest BCUT2D eigenvalue weighted by molar-refractivity contribution is 5.85. The largest absolute Gasteiger partial charge is 0.373 e. The summed E-state index contributed by atoms with van der Waals surface area (Å²) in [6.45, 7) is 5.14. The minimum Gasteiger partial charge on any atom is -0.373 e. The number of aryl methyl sites for hydroxylation is 2. The molecule has 0 spiro atoms. The van der Waals surface area contributed by atoms with Gasteiger partial charge in [-0.25, -0.2) is 0 Å². The highest BCUT2D eigenvalue weighted by Gasteiger charge is 2.33. The molecule has 1 aromatic rings. The standard InChI is InChI=1S/C16H23NO.ClH/c1-11-4-3-5-12(2)16(11)10-18-15-8-13-6-7-14(9-15)17-13;/h3-5,13-15,17H,6-10H2,1-2H3;1H. The number of halogens is 1. The molecule has 0 aromatic heterocycles. The fraction of sp³-hybridized carbons (Fsp3) is 0.625. The Hall–Kier alpha value is -0.570. The van der Waals surface area contributed by atoms with Crippen LogP contribution in [-0.2, 0) is 11.3 Å². The number of piperidine rings is 1. The first-order chi connectivity index (χ1) is 8.72. The zero-order valence-corrected chi connectivity index (χ0v) is 12.6. The maximum Gasteiger partial charge on any atom is 0.0725 e. The summed E-state index contributed by atoms with van der Waals surface area (Å²) in [5.41, 5.74) is 4.09. The van der Waals surface area contributed by atoms with E-state index in [1.54, 1.807) is 0 Å². The predicted molar refractivity (Wildman–Crippen MR) is 80.9 cm³/mol. The zero-order valence-electron chi connectivity index (χ0n) is 11.8. The SMILES string of the molecule is Cc1cccc(C)c1COC1CC2CCC(C1)N2.Cl. The van der Waals surface area contributed by atoms with Crippen LogP contribution in [0.15, 0.2) is 18.2 Å². The number of nitrogens with one attached hydrogen (secondary N) is 1. The fourth-order valence-electron chi connectivity index (χ4n) is 3.42. The molecule has 2 aliphatic heterocycles. The molecule has 0 saturated carbocycles. The van der Waals surface area contributed by atoms with Crippen LogP contribution in [0.25, 0.3) is 0 Å². The molecule has 0 aliphatic carbocycles. The van der Waals surface area contributed by atoms with Crippen molar-refractivity contribution in [2.45, 2.75) is 64.3 Å². The summed E-state index contributed by atoms with van der Waals surface area (Å²) in [4.78, 5) is 0. The smallest absolute Gasteiger partial charge is 0.0725 e. The lowest BCUT2D eigenvalue weighted by molar-refractivity contribution is 0.00876. The van der Waals surface area contributed by atoms with Crippen molar-refractivity contribution >= 4 is 12.4 Å². The Morgan fingerprint density at radius 2 is 1.68 bits per heavy atom. The third-order valence-corrected chi connectivity index (χ3v) is 4.54. The van der Waals surface area contributed by atoms with Crippen molar-refractivity contribution in [3.8, 4) is 0 Å². The number of rotatable bonds is 3. The van der Waals surface area contributed by atoms with Gasteiger partial charge in [-0.3, -0.25) is 0 Å². The quantitative estimate of drug-likeness (QED) is 0.915. The van der Waals surface area contributed by atoms with E-state index < -0.39 is 0 Å². The molecule has 1 N–H and O–H groups in total. The number of benzene rings is 1. The van der Waals surface area contributed by atoms with Crippen LogP contribution in [0, 0.1) is 13.8 Å². The van der Waals surface area contributed by atoms with Gasteiger partial charge >= 0.3 is 0 Å². The van der Waals surface area contributed by atoms with E-state index in [9.17, 15) is 0 Å². The predicted octanol–water partition coefficient (Wildman–Crippen LogP) is 3.52. The minimum absolute atomic E-state index is 0. The molecule has 2 unspecified atom stereocenters. The van der Waals surface area contributed by atoms with Gasteiger partial charge in [-0.1, -0.05) is 18.2 Å². The van der Waals surface area contributed by atoms with Gasteiger partial charge in [0, 0.05) is 12.1 Å². The summed E-state index contributed by atoms with van der Waals surface area (Å²) in [5, 5.41) is 3.66. The van der Waals surface area contributed by atoms with Crippen molar-refractivity contribution in [3.63, 3.8) is 0 Å². The number of hydrogen-bond acceptors (Lipinski definition) is 2. The van der Waals surface area contributed by atoms with E-state index in [1.165, 1.54) is 42.4 Å². The fourth-order valence-corrected chi connectivity index (χ4v) is 3.42. The van der Waals surface area contributed by atoms with Crippen LogP contribution < -0.4 is 5.32 Å². The van der Waals surface area contributed by atoms with Gasteiger partial charge < -0.3 is 10.1 Å². The molecule has 2 heterocycles. The summed E-state index contributed by atoms with van der Waals surface area (Å²) in [6, 6.07) is 7.91. The average Bonchev–Trinajstić information content (AvgIpc) is 2.68. The van der Waals surface area contributed by atoms with E-state index in [2.05, 4.69) is 37.4 Å². The third kappa shape index (κ3) is 3.31. The van der Waals surface area contributed by atoms with Gasteiger partial charge in [0.05, 0.1) is 12.7 Å². The summed E-state index contributed by atoms with van der Waals surface area (Å²) >= 11 is 0. The highest BCUT2D eigenvalue weighted by atomic mass is 35.5. The molecular formula is C16H24ClNO. The second-order valence-corrected chi connectivity index (χ2v) is 5.91. The molecule has 2 aliphatic rings. The van der Waals surface area contributed by atoms with Crippen molar-refractivity contribution in [2.24, 2.45) is 0 Å². The van der Waals surface area contributed by atoms with Gasteiger partial charge in [0.15, 0.2) is 0 Å². The molecule has 2 bridgehead atoms. The second kappa shape index (κ2) is 6.25. The van der Waals surface area contributed by atoms with Crippen LogP contribution in [0.3, 0.4) is 0 Å². The molecule has 0 radical (unpaired) electrons. The van der Waals surface area contributed by atoms with E-state index in [1.807, 2.05) is 0 Å². The Kier molecular flexibility index (Phi) is 4.88. The molecule has 0 amide bonds. The van der Waals surface area contributed by atoms with Gasteiger partial charge in [0.2, 0.25) is 0 Å². The van der Waals surface area contributed by atoms with Crippen LogP contribution in [0.4, 0.5) is 0 Å². The van der Waals surface area contributed by atoms with E-state index in [4.69, 9.17) is 4.74 Å². The molecule has 106 valence electrons. The summed E-state index contributed by atoms with van der Waals surface area (Å²) in [5.74, 6) is 0. The summed E-state index contributed by atoms with van der Waals surface area (Å²) in [7, 11) is 0. The van der Waals surface area contributed by atoms with E-state index >= 15 is 0 Å². The normalized spacial score (nSPS) is 29.1. The van der Waals surface area contributed by atoms with Crippen molar-refractivity contribution in [1.82, 2.24) is 5.32 Å². The molecule has 2 nitrogen and oxygen atoms in total. The van der Waals surface area contributed by atoms with Crippen LogP contribution in [0.2, 0.25) is 0 Å². The molecule has 2 fully saturated rings. The van der Waals surface area contributed by atoms with Gasteiger partial charge in [0.1, 0.15) is 0 Å². The Labute approximate surface area is 122 Å². The number of hydrogen-bond donors (Lipinski definition) is 1. The van der Waals surface area contributed by atoms with Crippen LogP contribution in [0.5, 0.6) is 0 Å². The van der Waals surface area contributed by atoms with E-state index in [0.717, 1.165) is 6.61 Å². The van der Waals surface area contributed by atoms with E-state index in [0.29, 0.717) is 18.2 Å². The van der Waals surface area contributed by atoms with Crippen LogP contribution in [-0.4, -0.2) is 18.2 Å². The molecule has 1 aromatic carbocycles. The van der Waals surface area contributed by atoms with Crippen molar-refractivity contribution in [2.75, 3.05) is 0 Å². The molecule has 19 heavy (non-hydrogen) atoms. The lowest BCUT2D eigenvalue weighted by Crippen LogP contribution is -2.41. The van der Waals surface area contributed by atoms with Crippen molar-refractivity contribution in [1.29, 1.82) is 0 Å². The number of fused-ring (bicyclic) bond motifs is 2. The summed E-state index contributed by atoms with van der Waals surface area (Å²) < 4.78 is 6.17. The third-order valence-electron chi connectivity index (χ3n) is 4.54. The maximum absolute atomic E-state index is 6.17. The Bertz CT molecular complexity index is 403. The first-order valence-corrected chi connectivity index (χ1v) is 7.15. The van der Waals surface area contributed by atoms with Crippen molar-refractivity contribution < 1.29 is 4.74 Å². The second-order valence-electron chi connectivity index (χ2n) is 5.91. The molecular weight excluding hydrogens is 258 g/mol. The van der Waals surface area contributed by atoms with Crippen LogP contribution >= 0.6 is 12.4 Å². The highest BCUT2D eigenvalue weighted by Crippen LogP contribution is 2.29. The zero-order chi connectivity index (χ0) is 12.5. The minimum atomic E-state index is 0. The Balaban J connectivity index is 0.00000133. The molecule has 3 heteroatoms. The van der Waals surface area contributed by atoms with Gasteiger partial charge in [-0.05, 0) is 56.2 Å². The first kappa shape index (κ1) is 14.8. The monoisotopic (exact) mass is 281 g/mol. The Morgan fingerprint density at radius 3 is 2.26 bits per heavy atom. The average molecular weight is 282 g/mol. The van der Waals surface area contributed by atoms with Gasteiger partial charge in [-0.2, -0.15) is 0 Å². The summed E-state index contributed by atoms with van der Waals surface area (Å²) in [6.07, 6.45) is 5.53. The first-order valence-electron chi connectivity index (χ1n) is 7.15. The molecule has 3 rings (SSSR count). The lowest BCUT2D eigenvalue weighted by Gasteiger charge is -2.29. The Morgan fingerprint density at radius 1 is 1.11 bits per heavy atom. The maximum atomic E-state index is 6.17. The van der Waals surface area contributed by atoms with Crippen molar-refractivity contribution in [3.05, 3.63) is 34.9 Å². The molecule has 2 atom stereocenters. The lowest BCUT2D eigenvalue weighted by atomic mass is 10.0. The molecule has 2 saturated heterocycles. The number of ether oxygens (including phenoxy) is 1. The van der Waals surface area contributed by atoms with Gasteiger partial charge in [0.25, 0.3) is 0 Å². The van der Waals surface area contributed by atoms with Gasteiger partial charge in [-0.15, -0.1) is 12.4 Å².